The number of halogens is 1. The molecule has 1 aromatic rings. The second-order valence-corrected chi connectivity index (χ2v) is 5.39. The fourth-order valence-corrected chi connectivity index (χ4v) is 2.30. The molecule has 0 N–H and O–H groups in total. The predicted octanol–water partition coefficient (Wildman–Crippen LogP) is 3.50. The molecule has 21 heavy (non-hydrogen) atoms. The molecule has 0 aromatic heterocycles. The second-order valence-electron chi connectivity index (χ2n) is 5.39. The molecule has 1 aliphatic rings. The van der Waals surface area contributed by atoms with Gasteiger partial charge in [-0.25, -0.2) is 0 Å². The Kier molecular flexibility index (Phi) is 8.43. The maximum atomic E-state index is 5.86. The molecule has 0 atom stereocenters. The van der Waals surface area contributed by atoms with E-state index < -0.39 is 0 Å². The first-order valence-electron chi connectivity index (χ1n) is 7.44. The van der Waals surface area contributed by atoms with Gasteiger partial charge in [0.25, 0.3) is 0 Å². The smallest absolute Gasteiger partial charge is 0.123 e. The summed E-state index contributed by atoms with van der Waals surface area (Å²) in [5.74, 6) is 1.49. The zero-order chi connectivity index (χ0) is 14.2. The summed E-state index contributed by atoms with van der Waals surface area (Å²) >= 11 is 0. The first-order chi connectivity index (χ1) is 9.77. The van der Waals surface area contributed by atoms with E-state index in [0.717, 1.165) is 38.6 Å². The van der Waals surface area contributed by atoms with Gasteiger partial charge in [0.1, 0.15) is 12.4 Å². The quantitative estimate of drug-likeness (QED) is 0.751. The summed E-state index contributed by atoms with van der Waals surface area (Å²) in [5, 5.41) is 0. The zero-order valence-corrected chi connectivity index (χ0v) is 13.8. The molecule has 3 nitrogen and oxygen atoms in total. The standard InChI is InChI=1S/C17H25NO2.ClH/c1-15(2)16-7-3-4-8-17(16)20-12-6-5-9-18-10-13-19-14-11-18;/h3-8,15H,9-14H2,1-2H3;1H/b6-5+;. The van der Waals surface area contributed by atoms with Crippen molar-refractivity contribution in [1.29, 1.82) is 0 Å². The Bertz CT molecular complexity index is 429. The van der Waals surface area contributed by atoms with Gasteiger partial charge >= 0.3 is 0 Å². The highest BCUT2D eigenvalue weighted by Gasteiger charge is 2.08. The lowest BCUT2D eigenvalue weighted by Crippen LogP contribution is -2.36. The van der Waals surface area contributed by atoms with Crippen LogP contribution in [0.25, 0.3) is 0 Å². The molecule has 1 saturated heterocycles. The van der Waals surface area contributed by atoms with Crippen molar-refractivity contribution in [3.63, 3.8) is 0 Å². The summed E-state index contributed by atoms with van der Waals surface area (Å²) in [5.41, 5.74) is 1.27. The van der Waals surface area contributed by atoms with E-state index in [9.17, 15) is 0 Å². The molecule has 1 aliphatic heterocycles. The van der Waals surface area contributed by atoms with Crippen LogP contribution in [0.1, 0.15) is 25.3 Å². The van der Waals surface area contributed by atoms with E-state index >= 15 is 0 Å². The molecule has 0 spiro atoms. The molecule has 0 radical (unpaired) electrons. The van der Waals surface area contributed by atoms with Crippen LogP contribution in [0.3, 0.4) is 0 Å². The molecule has 1 heterocycles. The van der Waals surface area contributed by atoms with Gasteiger partial charge in [-0.15, -0.1) is 12.4 Å². The maximum Gasteiger partial charge on any atom is 0.123 e. The first kappa shape index (κ1) is 18.0. The number of benzene rings is 1. The van der Waals surface area contributed by atoms with Crippen LogP contribution in [0, 0.1) is 0 Å². The number of hydrogen-bond donors (Lipinski definition) is 0. The molecule has 4 heteroatoms. The minimum atomic E-state index is 0. The zero-order valence-electron chi connectivity index (χ0n) is 13.0. The molecule has 0 bridgehead atoms. The van der Waals surface area contributed by atoms with Crippen molar-refractivity contribution in [2.75, 3.05) is 39.5 Å². The monoisotopic (exact) mass is 311 g/mol. The number of para-hydroxylation sites is 1. The van der Waals surface area contributed by atoms with Crippen molar-refractivity contribution in [2.45, 2.75) is 19.8 Å². The molecule has 1 fully saturated rings. The fraction of sp³-hybridized carbons (Fsp3) is 0.529. The van der Waals surface area contributed by atoms with Crippen molar-refractivity contribution in [3.05, 3.63) is 42.0 Å². The van der Waals surface area contributed by atoms with Gasteiger partial charge in [-0.3, -0.25) is 4.90 Å². The number of ether oxygens (including phenoxy) is 2. The molecule has 0 unspecified atom stereocenters. The van der Waals surface area contributed by atoms with E-state index in [1.807, 2.05) is 12.1 Å². The van der Waals surface area contributed by atoms with Gasteiger partial charge in [-0.2, -0.15) is 0 Å². The van der Waals surface area contributed by atoms with E-state index in [-0.39, 0.29) is 12.4 Å². The van der Waals surface area contributed by atoms with Gasteiger partial charge in [0.2, 0.25) is 0 Å². The number of morpholine rings is 1. The third kappa shape index (κ3) is 6.08. The summed E-state index contributed by atoms with van der Waals surface area (Å²) in [7, 11) is 0. The minimum absolute atomic E-state index is 0. The topological polar surface area (TPSA) is 21.7 Å². The Balaban J connectivity index is 0.00000220. The summed E-state index contributed by atoms with van der Waals surface area (Å²) in [6.45, 7) is 9.76. The Hall–Kier alpha value is -1.03. The van der Waals surface area contributed by atoms with Crippen molar-refractivity contribution >= 4 is 12.4 Å². The predicted molar refractivity (Wildman–Crippen MR) is 89.7 cm³/mol. The van der Waals surface area contributed by atoms with Crippen LogP contribution in [-0.2, 0) is 4.74 Å². The minimum Gasteiger partial charge on any atom is -0.489 e. The van der Waals surface area contributed by atoms with Crippen LogP contribution >= 0.6 is 12.4 Å². The van der Waals surface area contributed by atoms with E-state index in [0.29, 0.717) is 12.5 Å². The molecule has 0 amide bonds. The molecule has 2 rings (SSSR count). The normalized spacial score (nSPS) is 16.1. The molecule has 0 aliphatic carbocycles. The second kappa shape index (κ2) is 9.82. The van der Waals surface area contributed by atoms with Crippen LogP contribution in [0.4, 0.5) is 0 Å². The average molecular weight is 312 g/mol. The first-order valence-corrected chi connectivity index (χ1v) is 7.44. The fourth-order valence-electron chi connectivity index (χ4n) is 2.30. The van der Waals surface area contributed by atoms with Crippen LogP contribution in [0.2, 0.25) is 0 Å². The van der Waals surface area contributed by atoms with Crippen LogP contribution in [0.15, 0.2) is 36.4 Å². The third-order valence-corrected chi connectivity index (χ3v) is 3.51. The molecular weight excluding hydrogens is 286 g/mol. The van der Waals surface area contributed by atoms with Gasteiger partial charge in [0.15, 0.2) is 0 Å². The number of nitrogens with zero attached hydrogens (tertiary/aromatic N) is 1. The van der Waals surface area contributed by atoms with Crippen molar-refractivity contribution < 1.29 is 9.47 Å². The molecular formula is C17H26ClNO2. The average Bonchev–Trinajstić information content (AvgIpc) is 2.48. The van der Waals surface area contributed by atoms with Gasteiger partial charge < -0.3 is 9.47 Å². The van der Waals surface area contributed by atoms with Crippen LogP contribution in [0.5, 0.6) is 5.75 Å². The van der Waals surface area contributed by atoms with Gasteiger partial charge in [-0.1, -0.05) is 44.2 Å². The lowest BCUT2D eigenvalue weighted by atomic mass is 10.0. The summed E-state index contributed by atoms with van der Waals surface area (Å²) in [4.78, 5) is 2.39. The SMILES string of the molecule is CC(C)c1ccccc1OC/C=C/CN1CCOCC1.Cl. The van der Waals surface area contributed by atoms with Crippen molar-refractivity contribution in [3.8, 4) is 5.75 Å². The van der Waals surface area contributed by atoms with Gasteiger partial charge in [0.05, 0.1) is 13.2 Å². The number of hydrogen-bond acceptors (Lipinski definition) is 3. The van der Waals surface area contributed by atoms with Crippen LogP contribution in [-0.4, -0.2) is 44.4 Å². The lowest BCUT2D eigenvalue weighted by molar-refractivity contribution is 0.0434. The highest BCUT2D eigenvalue weighted by atomic mass is 35.5. The summed E-state index contributed by atoms with van der Waals surface area (Å²) in [6.07, 6.45) is 4.29. The third-order valence-electron chi connectivity index (χ3n) is 3.51. The molecule has 0 saturated carbocycles. The van der Waals surface area contributed by atoms with Gasteiger partial charge in [-0.05, 0) is 17.5 Å². The van der Waals surface area contributed by atoms with Crippen molar-refractivity contribution in [2.24, 2.45) is 0 Å². The highest BCUT2D eigenvalue weighted by Crippen LogP contribution is 2.25. The number of rotatable bonds is 6. The Morgan fingerprint density at radius 3 is 2.62 bits per heavy atom. The van der Waals surface area contributed by atoms with Crippen LogP contribution < -0.4 is 4.74 Å². The Labute approximate surface area is 134 Å². The maximum absolute atomic E-state index is 5.86. The lowest BCUT2D eigenvalue weighted by Gasteiger charge is -2.25. The van der Waals surface area contributed by atoms with Crippen molar-refractivity contribution in [1.82, 2.24) is 4.90 Å². The van der Waals surface area contributed by atoms with E-state index in [1.54, 1.807) is 0 Å². The Morgan fingerprint density at radius 1 is 1.19 bits per heavy atom. The van der Waals surface area contributed by atoms with E-state index in [1.165, 1.54) is 5.56 Å². The highest BCUT2D eigenvalue weighted by molar-refractivity contribution is 5.85. The Morgan fingerprint density at radius 2 is 1.90 bits per heavy atom. The summed E-state index contributed by atoms with van der Waals surface area (Å²) in [6, 6.07) is 8.28. The van der Waals surface area contributed by atoms with E-state index in [2.05, 4.69) is 43.0 Å². The van der Waals surface area contributed by atoms with Gasteiger partial charge in [0, 0.05) is 19.6 Å². The largest absolute Gasteiger partial charge is 0.489 e. The van der Waals surface area contributed by atoms with E-state index in [4.69, 9.17) is 9.47 Å². The molecule has 118 valence electrons. The molecule has 1 aromatic carbocycles. The summed E-state index contributed by atoms with van der Waals surface area (Å²) < 4.78 is 11.2.